The van der Waals surface area contributed by atoms with Gasteiger partial charge in [0.05, 0.1) is 6.54 Å². The second kappa shape index (κ2) is 9.06. The number of amides is 2. The summed E-state index contributed by atoms with van der Waals surface area (Å²) in [6.45, 7) is 5.22. The number of hydrogen-bond donors (Lipinski definition) is 1. The number of carbonyl (C=O) groups is 3. The molecule has 0 saturated heterocycles. The molecular formula is C24H24BrNO5. The van der Waals surface area contributed by atoms with E-state index in [0.717, 1.165) is 4.90 Å². The summed E-state index contributed by atoms with van der Waals surface area (Å²) in [5.41, 5.74) is 0.482. The molecule has 2 aromatic rings. The lowest BCUT2D eigenvalue weighted by Crippen LogP contribution is -2.39. The molecule has 1 aliphatic heterocycles. The van der Waals surface area contributed by atoms with Crippen molar-refractivity contribution in [2.45, 2.75) is 38.7 Å². The van der Waals surface area contributed by atoms with E-state index in [1.54, 1.807) is 63.2 Å². The number of hydrogen-bond acceptors (Lipinski definition) is 5. The average Bonchev–Trinajstić information content (AvgIpc) is 3.08. The molecule has 6 nitrogen and oxygen atoms in total. The second-order valence-corrected chi connectivity index (χ2v) is 9.22. The van der Waals surface area contributed by atoms with Crippen LogP contribution in [-0.2, 0) is 9.53 Å². The maximum atomic E-state index is 13.1. The maximum Gasteiger partial charge on any atom is 0.417 e. The van der Waals surface area contributed by atoms with Crippen molar-refractivity contribution in [3.63, 3.8) is 0 Å². The van der Waals surface area contributed by atoms with Gasteiger partial charge in [-0.2, -0.15) is 0 Å². The third kappa shape index (κ3) is 5.41. The van der Waals surface area contributed by atoms with E-state index in [2.05, 4.69) is 15.9 Å². The highest BCUT2D eigenvalue weighted by Crippen LogP contribution is 2.39. The van der Waals surface area contributed by atoms with E-state index in [0.29, 0.717) is 15.6 Å². The Morgan fingerprint density at radius 2 is 1.84 bits per heavy atom. The van der Waals surface area contributed by atoms with Crippen LogP contribution in [0.5, 0.6) is 5.75 Å². The third-order valence-corrected chi connectivity index (χ3v) is 5.32. The number of phenols is 1. The van der Waals surface area contributed by atoms with E-state index >= 15 is 0 Å². The fourth-order valence-corrected chi connectivity index (χ4v) is 3.78. The molecule has 1 aliphatic rings. The summed E-state index contributed by atoms with van der Waals surface area (Å²) < 4.78 is 6.03. The van der Waals surface area contributed by atoms with Gasteiger partial charge in [-0.1, -0.05) is 52.3 Å². The first-order valence-electron chi connectivity index (χ1n) is 9.88. The summed E-state index contributed by atoms with van der Waals surface area (Å²) in [5, 5.41) is 10.5. The highest BCUT2D eigenvalue weighted by atomic mass is 79.9. The molecule has 2 aromatic carbocycles. The van der Waals surface area contributed by atoms with E-state index < -0.39 is 23.5 Å². The lowest BCUT2D eigenvalue weighted by atomic mass is 9.85. The predicted octanol–water partition coefficient (Wildman–Crippen LogP) is 5.22. The van der Waals surface area contributed by atoms with Crippen molar-refractivity contribution in [2.75, 3.05) is 6.54 Å². The van der Waals surface area contributed by atoms with E-state index in [9.17, 15) is 19.5 Å². The van der Waals surface area contributed by atoms with Crippen LogP contribution in [0.2, 0.25) is 0 Å². The zero-order chi connectivity index (χ0) is 22.8. The van der Waals surface area contributed by atoms with Crippen molar-refractivity contribution in [1.29, 1.82) is 0 Å². The van der Waals surface area contributed by atoms with Crippen LogP contribution in [0.4, 0.5) is 4.79 Å². The van der Waals surface area contributed by atoms with Gasteiger partial charge in [-0.3, -0.25) is 9.59 Å². The lowest BCUT2D eigenvalue weighted by molar-refractivity contribution is -0.125. The number of rotatable bonds is 5. The lowest BCUT2D eigenvalue weighted by Gasteiger charge is -2.24. The van der Waals surface area contributed by atoms with Gasteiger partial charge < -0.3 is 9.84 Å². The first-order valence-corrected chi connectivity index (χ1v) is 10.7. The van der Waals surface area contributed by atoms with Gasteiger partial charge in [-0.15, -0.1) is 0 Å². The number of phenolic OH excluding ortho intramolecular Hbond substituents is 1. The minimum Gasteiger partial charge on any atom is -0.508 e. The van der Waals surface area contributed by atoms with Crippen molar-refractivity contribution in [2.24, 2.45) is 0 Å². The van der Waals surface area contributed by atoms with Gasteiger partial charge >= 0.3 is 6.09 Å². The van der Waals surface area contributed by atoms with Gasteiger partial charge in [0.15, 0.2) is 5.78 Å². The number of imide groups is 1. The van der Waals surface area contributed by atoms with Gasteiger partial charge in [0.2, 0.25) is 0 Å². The molecule has 0 fully saturated rings. The van der Waals surface area contributed by atoms with Crippen LogP contribution in [0.25, 0.3) is 0 Å². The molecule has 1 heterocycles. The molecular weight excluding hydrogens is 462 g/mol. The molecule has 3 rings (SSSR count). The van der Waals surface area contributed by atoms with Crippen molar-refractivity contribution in [3.8, 4) is 5.75 Å². The second-order valence-electron chi connectivity index (χ2n) is 8.30. The van der Waals surface area contributed by atoms with Crippen LogP contribution in [0.3, 0.4) is 0 Å². The van der Waals surface area contributed by atoms with Crippen LogP contribution in [-0.4, -0.2) is 39.9 Å². The molecule has 1 atom stereocenters. The third-order valence-electron chi connectivity index (χ3n) is 4.83. The van der Waals surface area contributed by atoms with Crippen LogP contribution in [0.15, 0.2) is 64.7 Å². The largest absolute Gasteiger partial charge is 0.508 e. The highest BCUT2D eigenvalue weighted by Gasteiger charge is 2.38. The van der Waals surface area contributed by atoms with E-state index in [1.807, 2.05) is 6.07 Å². The smallest absolute Gasteiger partial charge is 0.417 e. The first kappa shape index (κ1) is 22.7. The molecule has 2 amide bonds. The minimum atomic E-state index is -0.745. The molecule has 31 heavy (non-hydrogen) atoms. The zero-order valence-corrected chi connectivity index (χ0v) is 19.2. The molecule has 0 unspecified atom stereocenters. The van der Waals surface area contributed by atoms with Crippen LogP contribution in [0.1, 0.15) is 49.0 Å². The van der Waals surface area contributed by atoms with Crippen molar-refractivity contribution in [3.05, 3.63) is 75.8 Å². The summed E-state index contributed by atoms with van der Waals surface area (Å²) >= 11 is 3.38. The molecule has 0 bridgehead atoms. The predicted molar refractivity (Wildman–Crippen MR) is 120 cm³/mol. The highest BCUT2D eigenvalue weighted by molar-refractivity contribution is 9.10. The number of halogens is 1. The van der Waals surface area contributed by atoms with Crippen LogP contribution in [0, 0.1) is 0 Å². The van der Waals surface area contributed by atoms with E-state index in [4.69, 9.17) is 4.74 Å². The number of nitrogens with zero attached hydrogens (tertiary/aromatic N) is 1. The molecule has 0 aromatic heterocycles. The fraction of sp³-hybridized carbons (Fsp3) is 0.292. The number of ether oxygens (including phenoxy) is 1. The molecule has 0 spiro atoms. The standard InChI is InChI=1S/C24H24BrNO5/c1-24(2,3)31-23(30)26-12-11-17(22(26)29)18(19-13-16(25)9-10-20(19)27)14-21(28)15-7-5-4-6-8-15/h4-11,13,18,27H,12,14H2,1-3H3/t18-/m0/s1. The SMILES string of the molecule is CC(C)(C)OC(=O)N1CC=C([C@H](CC(=O)c2ccccc2)c2cc(Br)ccc2O)C1=O. The Bertz CT molecular complexity index is 1040. The first-order chi connectivity index (χ1) is 14.6. The van der Waals surface area contributed by atoms with Crippen molar-refractivity contribution < 1.29 is 24.2 Å². The Morgan fingerprint density at radius 1 is 1.16 bits per heavy atom. The van der Waals surface area contributed by atoms with E-state index in [1.165, 1.54) is 6.07 Å². The molecule has 0 aliphatic carbocycles. The number of benzene rings is 2. The Kier molecular flexibility index (Phi) is 6.65. The molecule has 7 heteroatoms. The summed E-state index contributed by atoms with van der Waals surface area (Å²) in [7, 11) is 0. The van der Waals surface area contributed by atoms with Gasteiger partial charge in [0.25, 0.3) is 5.91 Å². The number of ketones is 1. The van der Waals surface area contributed by atoms with Crippen molar-refractivity contribution in [1.82, 2.24) is 4.90 Å². The molecule has 162 valence electrons. The fourth-order valence-electron chi connectivity index (χ4n) is 3.40. The molecule has 0 radical (unpaired) electrons. The van der Waals surface area contributed by atoms with Gasteiger partial charge in [0, 0.05) is 33.5 Å². The summed E-state index contributed by atoms with van der Waals surface area (Å²) in [6, 6.07) is 13.6. The Labute approximate surface area is 189 Å². The topological polar surface area (TPSA) is 83.9 Å². The van der Waals surface area contributed by atoms with E-state index in [-0.39, 0.29) is 30.1 Å². The zero-order valence-electron chi connectivity index (χ0n) is 17.6. The van der Waals surface area contributed by atoms with Crippen LogP contribution >= 0.6 is 15.9 Å². The summed E-state index contributed by atoms with van der Waals surface area (Å²) in [6.07, 6.45) is 0.846. The number of Topliss-reactive ketones (excluding diaryl/α,β-unsaturated/α-hetero) is 1. The van der Waals surface area contributed by atoms with Gasteiger partial charge in [-0.05, 0) is 39.0 Å². The average molecular weight is 486 g/mol. The molecule has 1 N–H and O–H groups in total. The van der Waals surface area contributed by atoms with Gasteiger partial charge in [-0.25, -0.2) is 9.69 Å². The quantitative estimate of drug-likeness (QED) is 0.587. The van der Waals surface area contributed by atoms with Crippen LogP contribution < -0.4 is 0 Å². The number of carbonyl (C=O) groups excluding carboxylic acids is 3. The summed E-state index contributed by atoms with van der Waals surface area (Å²) in [4.78, 5) is 39.5. The monoisotopic (exact) mass is 485 g/mol. The Balaban J connectivity index is 1.93. The maximum absolute atomic E-state index is 13.1. The van der Waals surface area contributed by atoms with Crippen molar-refractivity contribution >= 4 is 33.7 Å². The van der Waals surface area contributed by atoms with Gasteiger partial charge in [0.1, 0.15) is 11.4 Å². The normalized spacial score (nSPS) is 14.9. The minimum absolute atomic E-state index is 0.0292. The number of aromatic hydroxyl groups is 1. The molecule has 0 saturated carbocycles. The Morgan fingerprint density at radius 3 is 2.48 bits per heavy atom. The Hall–Kier alpha value is -2.93. The summed E-state index contributed by atoms with van der Waals surface area (Å²) in [5.74, 6) is -1.45.